The standard InChI is InChI=1S/C22H31N5O3/c1-15-21(16(2)25(4)24-15)23-22(29)17(3)26-9-11-27(12-10-26)20(28)14-18-7-6-8-19(13-18)30-5/h6-8,13,17H,9-12,14H2,1-5H3,(H,23,29). The van der Waals surface area contributed by atoms with Crippen molar-refractivity contribution in [2.24, 2.45) is 7.05 Å². The summed E-state index contributed by atoms with van der Waals surface area (Å²) in [5, 5.41) is 7.36. The number of benzene rings is 1. The molecule has 30 heavy (non-hydrogen) atoms. The topological polar surface area (TPSA) is 79.7 Å². The minimum Gasteiger partial charge on any atom is -0.497 e. The van der Waals surface area contributed by atoms with E-state index in [4.69, 9.17) is 4.74 Å². The molecule has 1 atom stereocenters. The van der Waals surface area contributed by atoms with Crippen LogP contribution in [0.25, 0.3) is 0 Å². The van der Waals surface area contributed by atoms with Crippen LogP contribution in [0.2, 0.25) is 0 Å². The van der Waals surface area contributed by atoms with E-state index in [0.29, 0.717) is 32.6 Å². The zero-order valence-electron chi connectivity index (χ0n) is 18.4. The molecule has 0 bridgehead atoms. The zero-order valence-corrected chi connectivity index (χ0v) is 18.4. The lowest BCUT2D eigenvalue weighted by Crippen LogP contribution is -2.54. The van der Waals surface area contributed by atoms with Gasteiger partial charge in [0.2, 0.25) is 11.8 Å². The first-order valence-corrected chi connectivity index (χ1v) is 10.3. The quantitative estimate of drug-likeness (QED) is 0.781. The summed E-state index contributed by atoms with van der Waals surface area (Å²) in [6, 6.07) is 7.31. The van der Waals surface area contributed by atoms with Crippen LogP contribution in [0.4, 0.5) is 5.69 Å². The molecule has 1 aliphatic rings. The van der Waals surface area contributed by atoms with Crippen molar-refractivity contribution in [3.8, 4) is 5.75 Å². The maximum absolute atomic E-state index is 12.8. The molecule has 8 heteroatoms. The molecule has 2 heterocycles. The van der Waals surface area contributed by atoms with Gasteiger partial charge in [0.1, 0.15) is 5.75 Å². The number of hydrogen-bond acceptors (Lipinski definition) is 5. The third kappa shape index (κ3) is 4.81. The van der Waals surface area contributed by atoms with Crippen molar-refractivity contribution in [2.75, 3.05) is 38.6 Å². The normalized spacial score (nSPS) is 15.7. The van der Waals surface area contributed by atoms with Gasteiger partial charge < -0.3 is 15.0 Å². The molecule has 1 fully saturated rings. The number of amides is 2. The maximum Gasteiger partial charge on any atom is 0.241 e. The lowest BCUT2D eigenvalue weighted by Gasteiger charge is -2.37. The number of aryl methyl sites for hydroxylation is 2. The molecule has 2 amide bonds. The summed E-state index contributed by atoms with van der Waals surface area (Å²) in [7, 11) is 3.48. The van der Waals surface area contributed by atoms with E-state index < -0.39 is 0 Å². The number of carbonyl (C=O) groups is 2. The Balaban J connectivity index is 1.52. The Morgan fingerprint density at radius 1 is 1.20 bits per heavy atom. The number of aromatic nitrogens is 2. The van der Waals surface area contributed by atoms with E-state index >= 15 is 0 Å². The zero-order chi connectivity index (χ0) is 21.8. The van der Waals surface area contributed by atoms with Crippen LogP contribution in [0.3, 0.4) is 0 Å². The van der Waals surface area contributed by atoms with E-state index in [1.165, 1.54) is 0 Å². The van der Waals surface area contributed by atoms with E-state index in [-0.39, 0.29) is 17.9 Å². The Morgan fingerprint density at radius 3 is 2.50 bits per heavy atom. The predicted octanol–water partition coefficient (Wildman–Crippen LogP) is 1.76. The van der Waals surface area contributed by atoms with Crippen LogP contribution in [-0.2, 0) is 23.1 Å². The smallest absolute Gasteiger partial charge is 0.241 e. The Kier molecular flexibility index (Phi) is 6.77. The van der Waals surface area contributed by atoms with E-state index in [1.54, 1.807) is 11.8 Å². The highest BCUT2D eigenvalue weighted by Gasteiger charge is 2.28. The SMILES string of the molecule is COc1cccc(CC(=O)N2CCN(C(C)C(=O)Nc3c(C)nn(C)c3C)CC2)c1. The molecular weight excluding hydrogens is 382 g/mol. The van der Waals surface area contributed by atoms with Crippen LogP contribution >= 0.6 is 0 Å². The van der Waals surface area contributed by atoms with Crippen LogP contribution in [0.5, 0.6) is 5.75 Å². The van der Waals surface area contributed by atoms with Gasteiger partial charge in [0.25, 0.3) is 0 Å². The third-order valence-electron chi connectivity index (χ3n) is 5.84. The van der Waals surface area contributed by atoms with Crippen molar-refractivity contribution in [1.82, 2.24) is 19.6 Å². The largest absolute Gasteiger partial charge is 0.497 e. The third-order valence-corrected chi connectivity index (χ3v) is 5.84. The molecule has 1 aliphatic heterocycles. The fourth-order valence-electron chi connectivity index (χ4n) is 3.78. The van der Waals surface area contributed by atoms with Crippen LogP contribution in [0, 0.1) is 13.8 Å². The van der Waals surface area contributed by atoms with E-state index in [1.807, 2.05) is 57.0 Å². The first-order valence-electron chi connectivity index (χ1n) is 10.3. The number of nitrogens with zero attached hydrogens (tertiary/aromatic N) is 4. The van der Waals surface area contributed by atoms with Crippen LogP contribution in [0.1, 0.15) is 23.9 Å². The molecule has 1 N–H and O–H groups in total. The Bertz CT molecular complexity index is 915. The van der Waals surface area contributed by atoms with Gasteiger partial charge in [-0.2, -0.15) is 5.10 Å². The van der Waals surface area contributed by atoms with Gasteiger partial charge >= 0.3 is 0 Å². The fraction of sp³-hybridized carbons (Fsp3) is 0.500. The van der Waals surface area contributed by atoms with Crippen molar-refractivity contribution < 1.29 is 14.3 Å². The minimum atomic E-state index is -0.278. The lowest BCUT2D eigenvalue weighted by atomic mass is 10.1. The summed E-state index contributed by atoms with van der Waals surface area (Å²) in [5.41, 5.74) is 3.46. The summed E-state index contributed by atoms with van der Waals surface area (Å²) < 4.78 is 6.99. The number of piperazine rings is 1. The molecule has 0 spiro atoms. The van der Waals surface area contributed by atoms with Crippen molar-refractivity contribution in [2.45, 2.75) is 33.2 Å². The summed E-state index contributed by atoms with van der Waals surface area (Å²) in [6.45, 7) is 8.31. The predicted molar refractivity (Wildman–Crippen MR) is 116 cm³/mol. The molecule has 1 unspecified atom stereocenters. The highest BCUT2D eigenvalue weighted by atomic mass is 16.5. The van der Waals surface area contributed by atoms with Crippen LogP contribution in [0.15, 0.2) is 24.3 Å². The van der Waals surface area contributed by atoms with Crippen molar-refractivity contribution >= 4 is 17.5 Å². The lowest BCUT2D eigenvalue weighted by molar-refractivity contribution is -0.133. The molecule has 1 saturated heterocycles. The number of methoxy groups -OCH3 is 1. The van der Waals surface area contributed by atoms with Gasteiger partial charge in [-0.1, -0.05) is 12.1 Å². The molecule has 162 valence electrons. The molecular formula is C22H31N5O3. The van der Waals surface area contributed by atoms with Crippen molar-refractivity contribution in [3.05, 3.63) is 41.2 Å². The van der Waals surface area contributed by atoms with Gasteiger partial charge in [0.05, 0.1) is 36.6 Å². The molecule has 2 aromatic rings. The molecule has 0 saturated carbocycles. The number of ether oxygens (including phenoxy) is 1. The van der Waals surface area contributed by atoms with Crippen molar-refractivity contribution in [3.63, 3.8) is 0 Å². The minimum absolute atomic E-state index is 0.0506. The molecule has 0 aliphatic carbocycles. The Hall–Kier alpha value is -2.87. The summed E-state index contributed by atoms with van der Waals surface area (Å²) >= 11 is 0. The van der Waals surface area contributed by atoms with Gasteiger partial charge in [0, 0.05) is 33.2 Å². The number of hydrogen-bond donors (Lipinski definition) is 1. The highest BCUT2D eigenvalue weighted by Crippen LogP contribution is 2.20. The molecule has 0 radical (unpaired) electrons. The second-order valence-corrected chi connectivity index (χ2v) is 7.78. The highest BCUT2D eigenvalue weighted by molar-refractivity contribution is 5.95. The fourth-order valence-corrected chi connectivity index (χ4v) is 3.78. The van der Waals surface area contributed by atoms with Gasteiger partial charge in [-0.15, -0.1) is 0 Å². The molecule has 8 nitrogen and oxygen atoms in total. The van der Waals surface area contributed by atoms with E-state index in [2.05, 4.69) is 15.3 Å². The van der Waals surface area contributed by atoms with Gasteiger partial charge in [-0.05, 0) is 38.5 Å². The maximum atomic E-state index is 12.8. The average molecular weight is 414 g/mol. The second-order valence-electron chi connectivity index (χ2n) is 7.78. The number of carbonyl (C=O) groups excluding carboxylic acids is 2. The number of rotatable bonds is 6. The summed E-state index contributed by atoms with van der Waals surface area (Å²) in [5.74, 6) is 0.802. The summed E-state index contributed by atoms with van der Waals surface area (Å²) in [4.78, 5) is 29.4. The first kappa shape index (κ1) is 21.8. The first-order chi connectivity index (χ1) is 14.3. The van der Waals surface area contributed by atoms with Crippen LogP contribution in [-0.4, -0.2) is 70.7 Å². The molecule has 1 aromatic heterocycles. The number of nitrogens with one attached hydrogen (secondary N) is 1. The van der Waals surface area contributed by atoms with E-state index in [0.717, 1.165) is 28.4 Å². The number of anilines is 1. The Morgan fingerprint density at radius 2 is 1.90 bits per heavy atom. The molecule has 1 aromatic carbocycles. The molecule has 3 rings (SSSR count). The monoisotopic (exact) mass is 413 g/mol. The van der Waals surface area contributed by atoms with Gasteiger partial charge in [-0.3, -0.25) is 19.2 Å². The van der Waals surface area contributed by atoms with Gasteiger partial charge in [0.15, 0.2) is 0 Å². The summed E-state index contributed by atoms with van der Waals surface area (Å²) in [6.07, 6.45) is 0.354. The second kappa shape index (κ2) is 9.30. The van der Waals surface area contributed by atoms with Crippen molar-refractivity contribution in [1.29, 1.82) is 0 Å². The van der Waals surface area contributed by atoms with Gasteiger partial charge in [-0.25, -0.2) is 0 Å². The Labute approximate surface area is 177 Å². The average Bonchev–Trinajstić information content (AvgIpc) is 2.99. The van der Waals surface area contributed by atoms with Crippen LogP contribution < -0.4 is 10.1 Å². The van der Waals surface area contributed by atoms with E-state index in [9.17, 15) is 9.59 Å².